The first-order chi connectivity index (χ1) is 15.7. The number of carboxylic acids is 1. The highest BCUT2D eigenvalue weighted by molar-refractivity contribution is 6.54. The molecule has 9 heteroatoms. The molecule has 168 valence electrons. The lowest BCUT2D eigenvalue weighted by Gasteiger charge is -2.09. The van der Waals surface area contributed by atoms with Gasteiger partial charge >= 0.3 is 5.97 Å². The Bertz CT molecular complexity index is 1450. The van der Waals surface area contributed by atoms with Gasteiger partial charge in [-0.25, -0.2) is 9.78 Å². The van der Waals surface area contributed by atoms with Crippen LogP contribution in [0.2, 0.25) is 0 Å². The Morgan fingerprint density at radius 3 is 2.58 bits per heavy atom. The number of carboxylic acid groups (broad SMARTS) is 1. The smallest absolute Gasteiger partial charge is 0.349 e. The minimum absolute atomic E-state index is 0.163. The molecule has 1 aromatic heterocycles. The summed E-state index contributed by atoms with van der Waals surface area (Å²) >= 11 is 11.3. The predicted molar refractivity (Wildman–Crippen MR) is 129 cm³/mol. The van der Waals surface area contributed by atoms with Crippen molar-refractivity contribution in [3.63, 3.8) is 0 Å². The standard InChI is InChI=1S/C24H19Cl2N3O4/c1-12-3-4-14(13(2)9-12)10-15-7-8-29-21(15)28-18-11-16(5-6-17(18)23(29)31)27-22(30)19(25)20(26)24(32)33/h3-6,9-11H,7-8H2,1-2H3,(H,27,30)(H,32,33)/b15-10+,20-19-. The molecule has 0 fully saturated rings. The molecule has 0 spiro atoms. The summed E-state index contributed by atoms with van der Waals surface area (Å²) in [5, 5.41) is 10.3. The molecule has 1 aliphatic rings. The number of anilines is 1. The van der Waals surface area contributed by atoms with E-state index in [0.29, 0.717) is 35.4 Å². The first-order valence-electron chi connectivity index (χ1n) is 10.1. The first-order valence-corrected chi connectivity index (χ1v) is 10.8. The van der Waals surface area contributed by atoms with Crippen LogP contribution in [0, 0.1) is 13.8 Å². The third kappa shape index (κ3) is 4.42. The molecule has 0 saturated carbocycles. The van der Waals surface area contributed by atoms with Crippen molar-refractivity contribution in [2.75, 3.05) is 5.32 Å². The molecule has 4 rings (SSSR count). The van der Waals surface area contributed by atoms with E-state index < -0.39 is 21.9 Å². The van der Waals surface area contributed by atoms with Crippen LogP contribution in [-0.2, 0) is 16.1 Å². The van der Waals surface area contributed by atoms with Crippen molar-refractivity contribution in [2.45, 2.75) is 26.8 Å². The monoisotopic (exact) mass is 483 g/mol. The van der Waals surface area contributed by atoms with E-state index in [0.717, 1.165) is 16.7 Å². The minimum Gasteiger partial charge on any atom is -0.477 e. The normalized spacial score (nSPS) is 14.8. The lowest BCUT2D eigenvalue weighted by molar-refractivity contribution is -0.132. The van der Waals surface area contributed by atoms with Crippen molar-refractivity contribution in [1.82, 2.24) is 9.55 Å². The summed E-state index contributed by atoms with van der Waals surface area (Å²) in [6.07, 6.45) is 2.74. The summed E-state index contributed by atoms with van der Waals surface area (Å²) in [6, 6.07) is 10.8. The summed E-state index contributed by atoms with van der Waals surface area (Å²) in [7, 11) is 0. The number of rotatable bonds is 4. The maximum Gasteiger partial charge on any atom is 0.349 e. The van der Waals surface area contributed by atoms with E-state index in [1.54, 1.807) is 16.7 Å². The van der Waals surface area contributed by atoms with Crippen LogP contribution in [-0.4, -0.2) is 26.5 Å². The Morgan fingerprint density at radius 1 is 1.12 bits per heavy atom. The van der Waals surface area contributed by atoms with E-state index in [2.05, 4.69) is 17.5 Å². The van der Waals surface area contributed by atoms with E-state index in [-0.39, 0.29) is 5.56 Å². The highest BCUT2D eigenvalue weighted by atomic mass is 35.5. The highest BCUT2D eigenvalue weighted by Gasteiger charge is 2.22. The highest BCUT2D eigenvalue weighted by Crippen LogP contribution is 2.29. The minimum atomic E-state index is -1.51. The maximum absolute atomic E-state index is 13.0. The molecule has 0 unspecified atom stereocenters. The predicted octanol–water partition coefficient (Wildman–Crippen LogP) is 4.67. The largest absolute Gasteiger partial charge is 0.477 e. The number of aliphatic carboxylic acids is 1. The lowest BCUT2D eigenvalue weighted by atomic mass is 10.0. The maximum atomic E-state index is 13.0. The van der Waals surface area contributed by atoms with Crippen molar-refractivity contribution in [2.24, 2.45) is 0 Å². The number of nitrogens with zero attached hydrogens (tertiary/aromatic N) is 2. The number of amides is 1. The van der Waals surface area contributed by atoms with Gasteiger partial charge in [0.1, 0.15) is 15.9 Å². The van der Waals surface area contributed by atoms with E-state index in [9.17, 15) is 14.4 Å². The van der Waals surface area contributed by atoms with Gasteiger partial charge in [0.15, 0.2) is 0 Å². The summed E-state index contributed by atoms with van der Waals surface area (Å²) < 4.78 is 1.65. The number of hydrogen-bond donors (Lipinski definition) is 2. The van der Waals surface area contributed by atoms with Crippen LogP contribution >= 0.6 is 23.2 Å². The Labute approximate surface area is 199 Å². The van der Waals surface area contributed by atoms with Gasteiger partial charge in [-0.2, -0.15) is 0 Å². The number of aromatic nitrogens is 2. The van der Waals surface area contributed by atoms with Gasteiger partial charge in [0, 0.05) is 12.2 Å². The number of carbonyl (C=O) groups is 2. The molecule has 3 aromatic rings. The number of benzene rings is 2. The Kier molecular flexibility index (Phi) is 6.10. The molecule has 0 radical (unpaired) electrons. The van der Waals surface area contributed by atoms with Gasteiger partial charge in [0.25, 0.3) is 11.5 Å². The molecular formula is C24H19Cl2N3O4. The fourth-order valence-corrected chi connectivity index (χ4v) is 4.00. The molecule has 7 nitrogen and oxygen atoms in total. The van der Waals surface area contributed by atoms with Crippen LogP contribution in [0.25, 0.3) is 22.6 Å². The van der Waals surface area contributed by atoms with Crippen LogP contribution in [0.3, 0.4) is 0 Å². The first kappa shape index (κ1) is 22.8. The van der Waals surface area contributed by atoms with Gasteiger partial charge < -0.3 is 10.4 Å². The molecule has 0 atom stereocenters. The lowest BCUT2D eigenvalue weighted by Crippen LogP contribution is -2.21. The van der Waals surface area contributed by atoms with Gasteiger partial charge in [0.05, 0.1) is 10.9 Å². The van der Waals surface area contributed by atoms with E-state index in [4.69, 9.17) is 33.3 Å². The van der Waals surface area contributed by atoms with Crippen molar-refractivity contribution in [3.8, 4) is 0 Å². The fraction of sp³-hybridized carbons (Fsp3) is 0.167. The van der Waals surface area contributed by atoms with Crippen LogP contribution in [0.15, 0.2) is 51.3 Å². The van der Waals surface area contributed by atoms with Crippen molar-refractivity contribution < 1.29 is 14.7 Å². The van der Waals surface area contributed by atoms with Gasteiger partial charge in [-0.1, -0.05) is 47.0 Å². The summed E-state index contributed by atoms with van der Waals surface area (Å²) in [5.74, 6) is -1.80. The van der Waals surface area contributed by atoms with Gasteiger partial charge in [-0.15, -0.1) is 0 Å². The average molecular weight is 484 g/mol. The Hall–Kier alpha value is -3.42. The van der Waals surface area contributed by atoms with Gasteiger partial charge in [0.2, 0.25) is 0 Å². The quantitative estimate of drug-likeness (QED) is 0.525. The number of fused-ring (bicyclic) bond motifs is 2. The topological polar surface area (TPSA) is 101 Å². The molecule has 2 heterocycles. The van der Waals surface area contributed by atoms with Crippen LogP contribution in [0.1, 0.15) is 28.9 Å². The van der Waals surface area contributed by atoms with Crippen molar-refractivity contribution >= 4 is 63.3 Å². The Morgan fingerprint density at radius 2 is 1.88 bits per heavy atom. The van der Waals surface area contributed by atoms with Gasteiger partial charge in [-0.05, 0) is 61.2 Å². The fourth-order valence-electron chi connectivity index (χ4n) is 3.79. The number of aryl methyl sites for hydroxylation is 2. The second-order valence-corrected chi connectivity index (χ2v) is 8.55. The molecule has 0 bridgehead atoms. The Balaban J connectivity index is 1.74. The van der Waals surface area contributed by atoms with Crippen LogP contribution < -0.4 is 10.9 Å². The van der Waals surface area contributed by atoms with E-state index in [1.165, 1.54) is 11.6 Å². The zero-order valence-electron chi connectivity index (χ0n) is 17.8. The summed E-state index contributed by atoms with van der Waals surface area (Å²) in [4.78, 5) is 40.9. The van der Waals surface area contributed by atoms with Crippen molar-refractivity contribution in [3.05, 3.63) is 79.3 Å². The second-order valence-electron chi connectivity index (χ2n) is 7.79. The van der Waals surface area contributed by atoms with E-state index in [1.807, 2.05) is 26.0 Å². The SMILES string of the molecule is Cc1ccc(/C=C2\CCn3c2nc2cc(NC(=O)/C(Cl)=C(/Cl)C(=O)O)ccc2c3=O)c(C)c1. The zero-order valence-corrected chi connectivity index (χ0v) is 19.3. The third-order valence-corrected chi connectivity index (χ3v) is 6.25. The number of carbonyl (C=O) groups excluding carboxylic acids is 1. The van der Waals surface area contributed by atoms with Crippen molar-refractivity contribution in [1.29, 1.82) is 0 Å². The zero-order chi connectivity index (χ0) is 23.9. The molecule has 2 aromatic carbocycles. The molecule has 1 aliphatic heterocycles. The molecule has 0 saturated heterocycles. The number of hydrogen-bond acceptors (Lipinski definition) is 4. The summed E-state index contributed by atoms with van der Waals surface area (Å²) in [5.41, 5.74) is 4.88. The van der Waals surface area contributed by atoms with E-state index >= 15 is 0 Å². The van der Waals surface area contributed by atoms with Crippen LogP contribution in [0.4, 0.5) is 5.69 Å². The molecule has 2 N–H and O–H groups in total. The number of nitrogens with one attached hydrogen (secondary N) is 1. The average Bonchev–Trinajstić information content (AvgIpc) is 3.17. The second kappa shape index (κ2) is 8.84. The molecule has 0 aliphatic carbocycles. The molecule has 33 heavy (non-hydrogen) atoms. The number of halogens is 2. The third-order valence-electron chi connectivity index (χ3n) is 5.44. The van der Waals surface area contributed by atoms with Crippen LogP contribution in [0.5, 0.6) is 0 Å². The molecule has 1 amide bonds. The van der Waals surface area contributed by atoms with Gasteiger partial charge in [-0.3, -0.25) is 14.2 Å². The summed E-state index contributed by atoms with van der Waals surface area (Å²) in [6.45, 7) is 4.62. The number of allylic oxidation sites excluding steroid dienone is 1. The molecular weight excluding hydrogens is 465 g/mol.